The van der Waals surface area contributed by atoms with Gasteiger partial charge in [0.15, 0.2) is 0 Å². The Bertz CT molecular complexity index is 45.5. The van der Waals surface area contributed by atoms with E-state index >= 15 is 0 Å². The smallest absolute Gasteiger partial charge is 0.0360 e. The van der Waals surface area contributed by atoms with Crippen LogP contribution in [0.25, 0.3) is 0 Å². The van der Waals surface area contributed by atoms with Crippen molar-refractivity contribution >= 4 is 0 Å². The molecule has 0 radical (unpaired) electrons. The summed E-state index contributed by atoms with van der Waals surface area (Å²) >= 11 is 0. The molecule has 0 rings (SSSR count). The van der Waals surface area contributed by atoms with Crippen molar-refractivity contribution in [3.63, 3.8) is 0 Å². The second-order valence-electron chi connectivity index (χ2n) is 3.52. The van der Waals surface area contributed by atoms with Gasteiger partial charge in [-0.05, 0) is 11.3 Å². The van der Waals surface area contributed by atoms with Gasteiger partial charge in [-0.15, -0.1) is 0 Å². The highest BCUT2D eigenvalue weighted by atomic mass is 14.2. The molecule has 0 heteroatoms. The molecule has 7 heavy (non-hydrogen) atoms. The predicted molar refractivity (Wildman–Crippen MR) is 34.3 cm³/mol. The third-order valence-electron chi connectivity index (χ3n) is 1.73. The minimum atomic E-state index is 0.500. The first kappa shape index (κ1) is 7.00. The quantitative estimate of drug-likeness (QED) is 0.439. The zero-order chi connectivity index (χ0) is 6.08. The molecule has 0 aliphatic heterocycles. The highest BCUT2D eigenvalue weighted by molar-refractivity contribution is 4.64. The van der Waals surface area contributed by atoms with Gasteiger partial charge in [-0.1, -0.05) is 34.6 Å². The topological polar surface area (TPSA) is 0 Å². The fraction of sp³-hybridized carbons (Fsp3) is 1.00. The normalized spacial score (nSPS) is 12.9. The van der Waals surface area contributed by atoms with Crippen molar-refractivity contribution in [1.82, 2.24) is 0 Å². The van der Waals surface area contributed by atoms with Crippen LogP contribution in [0.1, 0.15) is 34.6 Å². The van der Waals surface area contributed by atoms with Gasteiger partial charge in [0.2, 0.25) is 0 Å². The summed E-state index contributed by atoms with van der Waals surface area (Å²) in [6, 6.07) is 0. The van der Waals surface area contributed by atoms with Gasteiger partial charge in [-0.3, -0.25) is 0 Å². The monoisotopic (exact) mass is 100 g/mol. The molecule has 0 aliphatic rings. The lowest BCUT2D eigenvalue weighted by atomic mass is 9.84. The van der Waals surface area contributed by atoms with E-state index in [9.17, 15) is 0 Å². The third kappa shape index (κ3) is 2.67. The lowest BCUT2D eigenvalue weighted by Crippen LogP contribution is -2.12. The summed E-state index contributed by atoms with van der Waals surface area (Å²) < 4.78 is 0. The molecule has 0 spiro atoms. The molecule has 0 saturated heterocycles. The van der Waals surface area contributed by atoms with Crippen molar-refractivity contribution < 1.29 is 0 Å². The van der Waals surface area contributed by atoms with Crippen LogP contribution in [-0.2, 0) is 0 Å². The number of rotatable bonds is 0. The molecule has 0 saturated carbocycles. The number of hydrogen-bond acceptors (Lipinski definition) is 0. The summed E-state index contributed by atoms with van der Waals surface area (Å²) in [6.07, 6.45) is 0. The summed E-state index contributed by atoms with van der Waals surface area (Å²) in [5.74, 6) is 0.799. The molecule has 0 unspecified atom stereocenters. The molecule has 0 heterocycles. The van der Waals surface area contributed by atoms with Crippen molar-refractivity contribution in [3.8, 4) is 0 Å². The molecule has 0 N–H and O–H groups in total. The Morgan fingerprint density at radius 3 is 1.14 bits per heavy atom. The SMILES string of the molecule is CC(C)C(C)(C)C. The van der Waals surface area contributed by atoms with Crippen LogP contribution < -0.4 is 0 Å². The first-order chi connectivity index (χ1) is 2.94. The van der Waals surface area contributed by atoms with E-state index < -0.39 is 0 Å². The van der Waals surface area contributed by atoms with Crippen LogP contribution >= 0.6 is 0 Å². The van der Waals surface area contributed by atoms with Crippen molar-refractivity contribution in [2.45, 2.75) is 34.6 Å². The molecule has 0 aromatic carbocycles. The molecule has 0 amide bonds. The fourth-order valence-corrected chi connectivity index (χ4v) is 0. The maximum Gasteiger partial charge on any atom is -0.0360 e. The molecule has 0 fully saturated rings. The largest absolute Gasteiger partial charge is 0.0623 e. The highest BCUT2D eigenvalue weighted by Crippen LogP contribution is 2.23. The van der Waals surface area contributed by atoms with Crippen LogP contribution in [-0.4, -0.2) is 0 Å². The summed E-state index contributed by atoms with van der Waals surface area (Å²) in [4.78, 5) is 0. The third-order valence-corrected chi connectivity index (χ3v) is 1.73. The van der Waals surface area contributed by atoms with E-state index in [2.05, 4.69) is 34.6 Å². The van der Waals surface area contributed by atoms with Crippen molar-refractivity contribution in [2.24, 2.45) is 11.3 Å². The van der Waals surface area contributed by atoms with Crippen molar-refractivity contribution in [2.75, 3.05) is 0 Å². The van der Waals surface area contributed by atoms with Crippen LogP contribution in [0.2, 0.25) is 0 Å². The van der Waals surface area contributed by atoms with Gasteiger partial charge in [-0.2, -0.15) is 0 Å². The fourth-order valence-electron chi connectivity index (χ4n) is 0. The lowest BCUT2D eigenvalue weighted by Gasteiger charge is -2.22. The molecular weight excluding hydrogens is 84.1 g/mol. The molecular formula is C7H16. The minimum absolute atomic E-state index is 0.500. The average molecular weight is 100 g/mol. The Morgan fingerprint density at radius 1 is 1.00 bits per heavy atom. The number of hydrogen-bond donors (Lipinski definition) is 0. The van der Waals surface area contributed by atoms with Crippen LogP contribution in [0.5, 0.6) is 0 Å². The minimum Gasteiger partial charge on any atom is -0.0623 e. The summed E-state index contributed by atoms with van der Waals surface area (Å²) in [6.45, 7) is 11.3. The Labute approximate surface area is 46.9 Å². The van der Waals surface area contributed by atoms with Gasteiger partial charge in [0, 0.05) is 0 Å². The zero-order valence-corrected chi connectivity index (χ0v) is 6.08. The van der Waals surface area contributed by atoms with E-state index in [-0.39, 0.29) is 0 Å². The summed E-state index contributed by atoms with van der Waals surface area (Å²) in [7, 11) is 0. The standard InChI is InChI=1S/C7H16/c1-6(2)7(3,4)5/h6H,1-5H3. The van der Waals surface area contributed by atoms with E-state index in [1.54, 1.807) is 0 Å². The van der Waals surface area contributed by atoms with Gasteiger partial charge in [-0.25, -0.2) is 0 Å². The van der Waals surface area contributed by atoms with E-state index in [0.717, 1.165) is 5.92 Å². The molecule has 0 bridgehead atoms. The molecule has 0 aliphatic carbocycles. The Hall–Kier alpha value is 0. The van der Waals surface area contributed by atoms with Gasteiger partial charge < -0.3 is 0 Å². The molecule has 44 valence electrons. The van der Waals surface area contributed by atoms with E-state index in [0.29, 0.717) is 5.41 Å². The second-order valence-corrected chi connectivity index (χ2v) is 3.52. The van der Waals surface area contributed by atoms with Gasteiger partial charge >= 0.3 is 0 Å². The van der Waals surface area contributed by atoms with Crippen LogP contribution in [0.15, 0.2) is 0 Å². The average Bonchev–Trinajstić information content (AvgIpc) is 1.31. The highest BCUT2D eigenvalue weighted by Gasteiger charge is 2.13. The molecule has 0 aromatic rings. The van der Waals surface area contributed by atoms with Gasteiger partial charge in [0.1, 0.15) is 0 Å². The molecule has 0 nitrogen and oxygen atoms in total. The predicted octanol–water partition coefficient (Wildman–Crippen LogP) is 2.69. The molecule has 0 atom stereocenters. The Balaban J connectivity index is 3.54. The van der Waals surface area contributed by atoms with Crippen LogP contribution in [0.4, 0.5) is 0 Å². The first-order valence-corrected chi connectivity index (χ1v) is 2.94. The van der Waals surface area contributed by atoms with E-state index in [4.69, 9.17) is 0 Å². The maximum atomic E-state index is 2.26. The van der Waals surface area contributed by atoms with Crippen molar-refractivity contribution in [3.05, 3.63) is 0 Å². The van der Waals surface area contributed by atoms with Gasteiger partial charge in [0.25, 0.3) is 0 Å². The maximum absolute atomic E-state index is 2.26. The van der Waals surface area contributed by atoms with E-state index in [1.165, 1.54) is 0 Å². The lowest BCUT2D eigenvalue weighted by molar-refractivity contribution is 0.283. The second kappa shape index (κ2) is 1.85. The summed E-state index contributed by atoms with van der Waals surface area (Å²) in [5.41, 5.74) is 0.500. The van der Waals surface area contributed by atoms with Crippen LogP contribution in [0.3, 0.4) is 0 Å². The zero-order valence-electron chi connectivity index (χ0n) is 6.08. The van der Waals surface area contributed by atoms with Crippen LogP contribution in [0, 0.1) is 11.3 Å². The first-order valence-electron chi connectivity index (χ1n) is 2.94. The van der Waals surface area contributed by atoms with Gasteiger partial charge in [0.05, 0.1) is 0 Å². The van der Waals surface area contributed by atoms with Crippen molar-refractivity contribution in [1.29, 1.82) is 0 Å². The van der Waals surface area contributed by atoms with E-state index in [1.807, 2.05) is 0 Å². The Morgan fingerprint density at radius 2 is 1.14 bits per heavy atom. The summed E-state index contributed by atoms with van der Waals surface area (Å²) in [5, 5.41) is 0. The molecule has 0 aromatic heterocycles. The Kier molecular flexibility index (Phi) is 1.85.